The van der Waals surface area contributed by atoms with Crippen molar-refractivity contribution in [2.24, 2.45) is 17.0 Å². The number of alkyl halides is 3. The molecule has 0 saturated carbocycles. The molecule has 2 aromatic heterocycles. The van der Waals surface area contributed by atoms with Crippen LogP contribution in [0.2, 0.25) is 0 Å². The predicted molar refractivity (Wildman–Crippen MR) is 107 cm³/mol. The summed E-state index contributed by atoms with van der Waals surface area (Å²) in [6.07, 6.45) is -1.00. The fourth-order valence-corrected chi connectivity index (χ4v) is 4.94. The molecule has 3 unspecified atom stereocenters. The lowest BCUT2D eigenvalue weighted by Gasteiger charge is -2.29. The summed E-state index contributed by atoms with van der Waals surface area (Å²) in [4.78, 5) is 9.66. The minimum atomic E-state index is -4.77. The summed E-state index contributed by atoms with van der Waals surface area (Å²) >= 11 is 0. The van der Waals surface area contributed by atoms with Crippen molar-refractivity contribution in [2.75, 3.05) is 6.61 Å². The van der Waals surface area contributed by atoms with E-state index in [0.29, 0.717) is 12.1 Å². The number of halogens is 3. The summed E-state index contributed by atoms with van der Waals surface area (Å²) in [7, 11) is 0. The third kappa shape index (κ3) is 2.54. The Balaban J connectivity index is 1.50. The molecule has 0 radical (unpaired) electrons. The minimum absolute atomic E-state index is 0.0471. The van der Waals surface area contributed by atoms with Gasteiger partial charge in [-0.1, -0.05) is 47.2 Å². The Morgan fingerprint density at radius 1 is 1.19 bits per heavy atom. The smallest absolute Gasteiger partial charge is 0.353 e. The summed E-state index contributed by atoms with van der Waals surface area (Å²) in [5.74, 6) is -3.01. The Hall–Kier alpha value is -3.46. The van der Waals surface area contributed by atoms with E-state index in [1.54, 1.807) is 18.2 Å². The highest BCUT2D eigenvalue weighted by Crippen LogP contribution is 2.57. The molecule has 162 valence electrons. The third-order valence-electron chi connectivity index (χ3n) is 6.29. The van der Waals surface area contributed by atoms with E-state index >= 15 is 0 Å². The van der Waals surface area contributed by atoms with E-state index in [0.717, 1.165) is 16.7 Å². The number of benzene rings is 1. The van der Waals surface area contributed by atoms with E-state index in [2.05, 4.69) is 21.9 Å². The second-order valence-corrected chi connectivity index (χ2v) is 8.06. The Kier molecular flexibility index (Phi) is 3.92. The van der Waals surface area contributed by atoms with Crippen LogP contribution in [0.4, 0.5) is 13.2 Å². The van der Waals surface area contributed by atoms with E-state index in [9.17, 15) is 13.2 Å². The molecule has 32 heavy (non-hydrogen) atoms. The highest BCUT2D eigenvalue weighted by Gasteiger charge is 2.66. The van der Waals surface area contributed by atoms with Crippen LogP contribution in [0.25, 0.3) is 17.5 Å². The summed E-state index contributed by atoms with van der Waals surface area (Å²) in [5, 5.41) is 7.92. The third-order valence-corrected chi connectivity index (χ3v) is 6.29. The highest BCUT2D eigenvalue weighted by molar-refractivity contribution is 6.06. The summed E-state index contributed by atoms with van der Waals surface area (Å²) in [5.41, 5.74) is 1.98. The molecular weight excluding hydrogens is 423 g/mol. The number of hydrogen-bond donors (Lipinski definition) is 0. The maximum Gasteiger partial charge on any atom is 0.422 e. The average Bonchev–Trinajstić information content (AvgIpc) is 3.49. The van der Waals surface area contributed by atoms with Gasteiger partial charge in [-0.3, -0.25) is 4.98 Å². The molecular formula is C23H16F3N3O3. The lowest BCUT2D eigenvalue weighted by molar-refractivity contribution is -0.235. The van der Waals surface area contributed by atoms with Crippen molar-refractivity contribution < 1.29 is 27.3 Å². The van der Waals surface area contributed by atoms with E-state index in [1.165, 1.54) is 12.3 Å². The lowest BCUT2D eigenvalue weighted by atomic mass is 9.72. The number of fused-ring (bicyclic) bond motifs is 2. The van der Waals surface area contributed by atoms with Crippen LogP contribution in [0.15, 0.2) is 58.9 Å². The molecule has 3 aliphatic rings. The number of oxime groups is 1. The van der Waals surface area contributed by atoms with Crippen molar-refractivity contribution in [3.05, 3.63) is 77.2 Å². The average molecular weight is 439 g/mol. The van der Waals surface area contributed by atoms with Crippen LogP contribution < -0.4 is 0 Å². The fourth-order valence-electron chi connectivity index (χ4n) is 4.94. The second kappa shape index (κ2) is 6.52. The molecule has 1 saturated heterocycles. The summed E-state index contributed by atoms with van der Waals surface area (Å²) < 4.78 is 54.0. The normalized spacial score (nSPS) is 25.7. The number of nitrogens with zero attached hydrogens (tertiary/aromatic N) is 3. The summed E-state index contributed by atoms with van der Waals surface area (Å²) in [6.45, 7) is 4.00. The van der Waals surface area contributed by atoms with Crippen molar-refractivity contribution in [1.29, 1.82) is 0 Å². The molecule has 2 aliphatic heterocycles. The van der Waals surface area contributed by atoms with Gasteiger partial charge < -0.3 is 14.1 Å². The standard InChI is InChI=1S/C23H16F3N3O3/c1-2-12-6-7-15-13(9-12)10-14-11-30-22(17(14)19(15)29-32-22)21-18(23(24,25)26)20(28-31-21)16-5-3-4-8-27-16/h2-9,14,17H,1,10-11H2. The van der Waals surface area contributed by atoms with Gasteiger partial charge in [0.2, 0.25) is 5.76 Å². The Morgan fingerprint density at radius 3 is 2.81 bits per heavy atom. The van der Waals surface area contributed by atoms with Crippen LogP contribution in [0.5, 0.6) is 0 Å². The monoisotopic (exact) mass is 439 g/mol. The van der Waals surface area contributed by atoms with Crippen LogP contribution in [-0.4, -0.2) is 22.5 Å². The number of pyridine rings is 1. The van der Waals surface area contributed by atoms with E-state index in [1.807, 2.05) is 18.2 Å². The molecule has 9 heteroatoms. The topological polar surface area (TPSA) is 69.7 Å². The van der Waals surface area contributed by atoms with E-state index in [4.69, 9.17) is 14.1 Å². The molecule has 0 amide bonds. The van der Waals surface area contributed by atoms with Crippen LogP contribution >= 0.6 is 0 Å². The maximum absolute atomic E-state index is 14.3. The first kappa shape index (κ1) is 19.2. The molecule has 0 bridgehead atoms. The van der Waals surface area contributed by atoms with E-state index < -0.39 is 34.9 Å². The highest BCUT2D eigenvalue weighted by atomic mass is 19.4. The van der Waals surface area contributed by atoms with Gasteiger partial charge in [-0.15, -0.1) is 0 Å². The molecule has 4 heterocycles. The zero-order chi connectivity index (χ0) is 22.1. The number of aromatic nitrogens is 2. The van der Waals surface area contributed by atoms with Crippen molar-refractivity contribution in [1.82, 2.24) is 10.1 Å². The van der Waals surface area contributed by atoms with Crippen LogP contribution in [0, 0.1) is 11.8 Å². The van der Waals surface area contributed by atoms with Crippen molar-refractivity contribution >= 4 is 11.8 Å². The number of ether oxygens (including phenoxy) is 1. The first-order valence-electron chi connectivity index (χ1n) is 10.1. The van der Waals surface area contributed by atoms with Gasteiger partial charge in [0.15, 0.2) is 0 Å². The number of hydrogen-bond acceptors (Lipinski definition) is 6. The molecule has 1 aliphatic carbocycles. The van der Waals surface area contributed by atoms with Gasteiger partial charge in [0.05, 0.1) is 23.9 Å². The molecule has 6 rings (SSSR count). The molecule has 1 fully saturated rings. The zero-order valence-electron chi connectivity index (χ0n) is 16.6. The number of rotatable bonds is 3. The van der Waals surface area contributed by atoms with Crippen molar-refractivity contribution in [2.45, 2.75) is 18.4 Å². The SMILES string of the molecule is C=Cc1ccc2c(c1)CC1COC3(c4onc(-c5ccccn5)c4C(F)(F)F)ON=C2C13. The maximum atomic E-state index is 14.3. The molecule has 0 N–H and O–H groups in total. The Labute approximate surface area is 180 Å². The van der Waals surface area contributed by atoms with Crippen LogP contribution in [-0.2, 0) is 28.0 Å². The lowest BCUT2D eigenvalue weighted by Crippen LogP contribution is -2.39. The Bertz CT molecular complexity index is 1270. The van der Waals surface area contributed by atoms with Gasteiger partial charge in [-0.05, 0) is 29.7 Å². The van der Waals surface area contributed by atoms with Gasteiger partial charge in [-0.25, -0.2) is 0 Å². The molecule has 3 atom stereocenters. The first-order chi connectivity index (χ1) is 15.4. The quantitative estimate of drug-likeness (QED) is 0.586. The van der Waals surface area contributed by atoms with Gasteiger partial charge in [-0.2, -0.15) is 13.2 Å². The fraction of sp³-hybridized carbons (Fsp3) is 0.261. The zero-order valence-corrected chi connectivity index (χ0v) is 16.6. The molecule has 1 aromatic carbocycles. The van der Waals surface area contributed by atoms with Crippen molar-refractivity contribution in [3.63, 3.8) is 0 Å². The first-order valence-corrected chi connectivity index (χ1v) is 10.1. The van der Waals surface area contributed by atoms with Crippen LogP contribution in [0.3, 0.4) is 0 Å². The largest absolute Gasteiger partial charge is 0.422 e. The Morgan fingerprint density at radius 2 is 2.06 bits per heavy atom. The second-order valence-electron chi connectivity index (χ2n) is 8.06. The molecule has 6 nitrogen and oxygen atoms in total. The van der Waals surface area contributed by atoms with Gasteiger partial charge in [0, 0.05) is 17.7 Å². The minimum Gasteiger partial charge on any atom is -0.353 e. The van der Waals surface area contributed by atoms with Gasteiger partial charge >= 0.3 is 12.0 Å². The summed E-state index contributed by atoms with van der Waals surface area (Å²) in [6, 6.07) is 10.4. The van der Waals surface area contributed by atoms with Gasteiger partial charge in [0.1, 0.15) is 11.3 Å². The predicted octanol–water partition coefficient (Wildman–Crippen LogP) is 4.80. The van der Waals surface area contributed by atoms with E-state index in [-0.39, 0.29) is 18.2 Å². The van der Waals surface area contributed by atoms with Gasteiger partial charge in [0.25, 0.3) is 0 Å². The molecule has 3 aromatic rings. The van der Waals surface area contributed by atoms with Crippen LogP contribution in [0.1, 0.15) is 28.0 Å². The molecule has 0 spiro atoms. The van der Waals surface area contributed by atoms with Crippen molar-refractivity contribution in [3.8, 4) is 11.4 Å².